The smallest absolute Gasteiger partial charge is 0.338 e. The van der Waals surface area contributed by atoms with Gasteiger partial charge in [0, 0.05) is 29.4 Å². The summed E-state index contributed by atoms with van der Waals surface area (Å²) in [7, 11) is 0. The zero-order valence-electron chi connectivity index (χ0n) is 25.0. The van der Waals surface area contributed by atoms with Gasteiger partial charge in [-0.15, -0.1) is 12.4 Å². The Morgan fingerprint density at radius 3 is 2.10 bits per heavy atom. The van der Waals surface area contributed by atoms with Gasteiger partial charge in [0.2, 0.25) is 5.78 Å². The van der Waals surface area contributed by atoms with E-state index in [0.717, 1.165) is 48.4 Å². The number of unbranched alkanes of at least 4 members (excludes halogenated alkanes) is 2. The van der Waals surface area contributed by atoms with Gasteiger partial charge in [0.1, 0.15) is 11.4 Å². The van der Waals surface area contributed by atoms with Crippen LogP contribution in [0.15, 0.2) is 79.0 Å². The summed E-state index contributed by atoms with van der Waals surface area (Å²) in [4.78, 5) is 28.8. The van der Waals surface area contributed by atoms with Gasteiger partial charge in [-0.05, 0) is 87.3 Å². The Kier molecular flexibility index (Phi) is 13.1. The first-order valence-electron chi connectivity index (χ1n) is 14.9. The third kappa shape index (κ3) is 8.46. The first-order valence-corrected chi connectivity index (χ1v) is 14.9. The molecular formula is C35H43ClN2O4. The first kappa shape index (κ1) is 32.9. The molecule has 4 rings (SSSR count). The lowest BCUT2D eigenvalue weighted by Gasteiger charge is -2.21. The number of nitrogens with zero attached hydrogens (tertiary/aromatic N) is 2. The fraction of sp³-hybridized carbons (Fsp3) is 0.371. The molecule has 6 nitrogen and oxygen atoms in total. The highest BCUT2D eigenvalue weighted by molar-refractivity contribution is 6.13. The topological polar surface area (TPSA) is 60.2 Å². The Hall–Kier alpha value is -3.61. The van der Waals surface area contributed by atoms with Crippen molar-refractivity contribution in [3.63, 3.8) is 0 Å². The van der Waals surface area contributed by atoms with Crippen LogP contribution < -0.4 is 4.74 Å². The standard InChI is InChI=1S/C35H42N2O4.ClH/c1-4-7-20-36(21-8-5-2)22-12-24-41-31-17-15-28(16-18-31)34(38)33-32(27-13-10-9-11-14-27)26-30-25-29(19-23-37(30)33)35(39)40-6-3;/h9-11,13-19,23,25-26H,4-8,12,20-22,24H2,1-3H3;1H. The number of halogens is 1. The van der Waals surface area contributed by atoms with Crippen molar-refractivity contribution in [1.82, 2.24) is 9.30 Å². The lowest BCUT2D eigenvalue weighted by atomic mass is 10.0. The minimum Gasteiger partial charge on any atom is -0.494 e. The Morgan fingerprint density at radius 1 is 0.786 bits per heavy atom. The van der Waals surface area contributed by atoms with Gasteiger partial charge in [0.25, 0.3) is 0 Å². The lowest BCUT2D eigenvalue weighted by Crippen LogP contribution is -2.28. The number of rotatable bonds is 16. The molecule has 0 atom stereocenters. The number of ether oxygens (including phenoxy) is 2. The summed E-state index contributed by atoms with van der Waals surface area (Å²) in [6.07, 6.45) is 7.63. The van der Waals surface area contributed by atoms with Crippen LogP contribution in [0.5, 0.6) is 5.75 Å². The highest BCUT2D eigenvalue weighted by Gasteiger charge is 2.21. The molecule has 2 heterocycles. The van der Waals surface area contributed by atoms with Gasteiger partial charge in [-0.1, -0.05) is 57.0 Å². The van der Waals surface area contributed by atoms with E-state index in [9.17, 15) is 9.59 Å². The molecule has 0 spiro atoms. The van der Waals surface area contributed by atoms with E-state index in [-0.39, 0.29) is 24.2 Å². The van der Waals surface area contributed by atoms with E-state index in [2.05, 4.69) is 18.7 Å². The summed E-state index contributed by atoms with van der Waals surface area (Å²) >= 11 is 0. The van der Waals surface area contributed by atoms with Crippen LogP contribution in [0.3, 0.4) is 0 Å². The summed E-state index contributed by atoms with van der Waals surface area (Å²) in [5, 5.41) is 0. The number of hydrogen-bond donors (Lipinski definition) is 0. The van der Waals surface area contributed by atoms with E-state index >= 15 is 0 Å². The molecule has 0 saturated heterocycles. The van der Waals surface area contributed by atoms with Crippen molar-refractivity contribution in [2.75, 3.05) is 32.8 Å². The predicted molar refractivity (Wildman–Crippen MR) is 172 cm³/mol. The summed E-state index contributed by atoms with van der Waals surface area (Å²) in [6.45, 7) is 10.5. The van der Waals surface area contributed by atoms with Crippen molar-refractivity contribution in [3.8, 4) is 16.9 Å². The van der Waals surface area contributed by atoms with Gasteiger partial charge in [0.05, 0.1) is 18.8 Å². The van der Waals surface area contributed by atoms with E-state index < -0.39 is 0 Å². The maximum atomic E-state index is 13.9. The maximum Gasteiger partial charge on any atom is 0.338 e. The first-order chi connectivity index (χ1) is 20.0. The second-order valence-corrected chi connectivity index (χ2v) is 10.3. The second kappa shape index (κ2) is 16.7. The molecule has 0 bridgehead atoms. The highest BCUT2D eigenvalue weighted by Crippen LogP contribution is 2.30. The molecule has 0 aliphatic heterocycles. The van der Waals surface area contributed by atoms with Crippen LogP contribution in [0.4, 0.5) is 0 Å². The summed E-state index contributed by atoms with van der Waals surface area (Å²) in [5.41, 5.74) is 4.08. The normalized spacial score (nSPS) is 11.0. The van der Waals surface area contributed by atoms with Crippen LogP contribution in [0.1, 0.15) is 79.3 Å². The molecule has 0 unspecified atom stereocenters. The van der Waals surface area contributed by atoms with Crippen molar-refractivity contribution in [3.05, 3.63) is 95.8 Å². The van der Waals surface area contributed by atoms with Crippen molar-refractivity contribution >= 4 is 29.7 Å². The van der Waals surface area contributed by atoms with Crippen LogP contribution in [0.2, 0.25) is 0 Å². The molecule has 0 aliphatic rings. The van der Waals surface area contributed by atoms with Crippen LogP contribution >= 0.6 is 12.4 Å². The SMILES string of the molecule is CCCCN(CCCC)CCCOc1ccc(C(=O)c2c(-c3ccccc3)cc3cc(C(=O)OCC)ccn23)cc1.Cl. The molecule has 7 heteroatoms. The highest BCUT2D eigenvalue weighted by atomic mass is 35.5. The number of fused-ring (bicyclic) bond motifs is 1. The average Bonchev–Trinajstić information content (AvgIpc) is 3.39. The summed E-state index contributed by atoms with van der Waals surface area (Å²) in [6, 6.07) is 22.6. The third-order valence-corrected chi connectivity index (χ3v) is 7.24. The van der Waals surface area contributed by atoms with E-state index in [4.69, 9.17) is 9.47 Å². The Labute approximate surface area is 256 Å². The summed E-state index contributed by atoms with van der Waals surface area (Å²) in [5.74, 6) is 0.287. The number of aromatic nitrogens is 1. The molecule has 2 aromatic heterocycles. The lowest BCUT2D eigenvalue weighted by molar-refractivity contribution is 0.0526. The van der Waals surface area contributed by atoms with E-state index in [0.29, 0.717) is 30.0 Å². The molecule has 0 saturated carbocycles. The number of esters is 1. The number of carbonyl (C=O) groups excluding carboxylic acids is 2. The molecule has 224 valence electrons. The largest absolute Gasteiger partial charge is 0.494 e. The zero-order valence-corrected chi connectivity index (χ0v) is 25.8. The molecule has 42 heavy (non-hydrogen) atoms. The van der Waals surface area contributed by atoms with Crippen LogP contribution in [-0.4, -0.2) is 53.9 Å². The molecular weight excluding hydrogens is 548 g/mol. The number of hydrogen-bond acceptors (Lipinski definition) is 5. The quantitative estimate of drug-likeness (QED) is 0.0749. The van der Waals surface area contributed by atoms with Gasteiger partial charge in [-0.25, -0.2) is 4.79 Å². The minimum atomic E-state index is -0.379. The third-order valence-electron chi connectivity index (χ3n) is 7.24. The monoisotopic (exact) mass is 590 g/mol. The molecule has 0 amide bonds. The van der Waals surface area contributed by atoms with Crippen molar-refractivity contribution in [1.29, 1.82) is 0 Å². The van der Waals surface area contributed by atoms with Crippen molar-refractivity contribution in [2.24, 2.45) is 0 Å². The Bertz CT molecular complexity index is 1410. The van der Waals surface area contributed by atoms with Crippen LogP contribution in [0.25, 0.3) is 16.6 Å². The van der Waals surface area contributed by atoms with Gasteiger partial charge >= 0.3 is 5.97 Å². The molecule has 2 aromatic carbocycles. The van der Waals surface area contributed by atoms with E-state index in [1.807, 2.05) is 65.1 Å². The van der Waals surface area contributed by atoms with Crippen molar-refractivity contribution in [2.45, 2.75) is 52.9 Å². The molecule has 0 N–H and O–H groups in total. The second-order valence-electron chi connectivity index (χ2n) is 10.3. The number of benzene rings is 2. The van der Waals surface area contributed by atoms with Gasteiger partial charge in [0.15, 0.2) is 0 Å². The molecule has 0 aliphatic carbocycles. The van der Waals surface area contributed by atoms with Gasteiger partial charge < -0.3 is 18.8 Å². The minimum absolute atomic E-state index is 0. The fourth-order valence-corrected chi connectivity index (χ4v) is 5.01. The Balaban J connectivity index is 0.00000484. The predicted octanol–water partition coefficient (Wildman–Crippen LogP) is 8.11. The fourth-order valence-electron chi connectivity index (χ4n) is 5.01. The number of ketones is 1. The summed E-state index contributed by atoms with van der Waals surface area (Å²) < 4.78 is 13.0. The molecule has 0 radical (unpaired) electrons. The van der Waals surface area contributed by atoms with Crippen molar-refractivity contribution < 1.29 is 19.1 Å². The van der Waals surface area contributed by atoms with E-state index in [1.54, 1.807) is 25.3 Å². The molecule has 0 fully saturated rings. The number of pyridine rings is 1. The Morgan fingerprint density at radius 2 is 1.45 bits per heavy atom. The molecule has 4 aromatic rings. The number of carbonyl (C=O) groups is 2. The van der Waals surface area contributed by atoms with Crippen LogP contribution in [0, 0.1) is 0 Å². The van der Waals surface area contributed by atoms with Gasteiger partial charge in [-0.2, -0.15) is 0 Å². The van der Waals surface area contributed by atoms with Gasteiger partial charge in [-0.3, -0.25) is 4.79 Å². The van der Waals surface area contributed by atoms with Crippen LogP contribution in [-0.2, 0) is 4.74 Å². The maximum absolute atomic E-state index is 13.9. The van der Waals surface area contributed by atoms with E-state index in [1.165, 1.54) is 25.7 Å². The zero-order chi connectivity index (χ0) is 29.0. The average molecular weight is 591 g/mol.